The smallest absolute Gasteiger partial charge is 0.341 e. The first-order valence-corrected chi connectivity index (χ1v) is 10.5. The van der Waals surface area contributed by atoms with Crippen LogP contribution in [0.15, 0.2) is 34.7 Å². The van der Waals surface area contributed by atoms with Crippen molar-refractivity contribution in [3.05, 3.63) is 63.2 Å². The lowest BCUT2D eigenvalue weighted by Crippen LogP contribution is -2.15. The quantitative estimate of drug-likeness (QED) is 0.574. The number of fused-ring (bicyclic) bond motifs is 1. The van der Waals surface area contributed by atoms with Gasteiger partial charge in [-0.2, -0.15) is 0 Å². The summed E-state index contributed by atoms with van der Waals surface area (Å²) in [5, 5.41) is 3.49. The number of thiophene rings is 1. The summed E-state index contributed by atoms with van der Waals surface area (Å²) in [4.78, 5) is 26.5. The Hall–Kier alpha value is -2.86. The molecule has 1 N–H and O–H groups in total. The standard InChI is InChI=1S/C23H23NO4S/c1-13-8-10-15(11-9-13)18-12-17(14(2)28-18)21(25)24-22-20(23(26)27-3)16-6-4-5-7-19(16)29-22/h8-12H,4-7H2,1-3H3,(H,24,25). The molecule has 2 heterocycles. The molecule has 0 spiro atoms. The maximum atomic E-state index is 13.0. The van der Waals surface area contributed by atoms with Crippen molar-refractivity contribution in [3.8, 4) is 11.3 Å². The third kappa shape index (κ3) is 3.72. The van der Waals surface area contributed by atoms with Gasteiger partial charge in [-0.15, -0.1) is 11.3 Å². The molecule has 0 atom stereocenters. The molecule has 1 aromatic carbocycles. The van der Waals surface area contributed by atoms with Gasteiger partial charge in [-0.05, 0) is 51.2 Å². The molecular weight excluding hydrogens is 386 g/mol. The van der Waals surface area contributed by atoms with Gasteiger partial charge in [0.15, 0.2) is 0 Å². The van der Waals surface area contributed by atoms with E-state index < -0.39 is 5.97 Å². The number of methoxy groups -OCH3 is 1. The molecule has 6 heteroatoms. The molecule has 4 rings (SSSR count). The molecule has 150 valence electrons. The summed E-state index contributed by atoms with van der Waals surface area (Å²) in [7, 11) is 1.37. The summed E-state index contributed by atoms with van der Waals surface area (Å²) >= 11 is 1.48. The molecule has 1 aliphatic carbocycles. The lowest BCUT2D eigenvalue weighted by Gasteiger charge is -2.11. The molecule has 1 aliphatic rings. The fourth-order valence-corrected chi connectivity index (χ4v) is 4.98. The van der Waals surface area contributed by atoms with Crippen LogP contribution in [0, 0.1) is 13.8 Å². The molecule has 29 heavy (non-hydrogen) atoms. The second-order valence-corrected chi connectivity index (χ2v) is 8.41. The van der Waals surface area contributed by atoms with E-state index >= 15 is 0 Å². The Labute approximate surface area is 173 Å². The number of rotatable bonds is 4. The first kappa shape index (κ1) is 19.5. The van der Waals surface area contributed by atoms with Crippen LogP contribution in [0.2, 0.25) is 0 Å². The molecule has 0 fully saturated rings. The van der Waals surface area contributed by atoms with Crippen LogP contribution in [0.4, 0.5) is 5.00 Å². The topological polar surface area (TPSA) is 68.5 Å². The zero-order valence-electron chi connectivity index (χ0n) is 16.8. The zero-order valence-corrected chi connectivity index (χ0v) is 17.6. The lowest BCUT2D eigenvalue weighted by molar-refractivity contribution is 0.0601. The second kappa shape index (κ2) is 7.87. The molecule has 0 saturated heterocycles. The van der Waals surface area contributed by atoms with Crippen LogP contribution in [0.25, 0.3) is 11.3 Å². The van der Waals surface area contributed by atoms with Crippen molar-refractivity contribution in [1.82, 2.24) is 0 Å². The third-order valence-electron chi connectivity index (χ3n) is 5.29. The number of furan rings is 1. The Morgan fingerprint density at radius 2 is 1.83 bits per heavy atom. The van der Waals surface area contributed by atoms with Crippen LogP contribution in [-0.2, 0) is 17.6 Å². The molecule has 0 unspecified atom stereocenters. The Morgan fingerprint density at radius 3 is 2.55 bits per heavy atom. The van der Waals surface area contributed by atoms with Gasteiger partial charge in [0, 0.05) is 10.4 Å². The first-order valence-electron chi connectivity index (χ1n) is 9.69. The summed E-state index contributed by atoms with van der Waals surface area (Å²) in [6.45, 7) is 3.79. The minimum absolute atomic E-state index is 0.284. The molecular formula is C23H23NO4S. The van der Waals surface area contributed by atoms with E-state index in [1.165, 1.54) is 18.4 Å². The molecule has 0 aliphatic heterocycles. The van der Waals surface area contributed by atoms with Crippen molar-refractivity contribution >= 4 is 28.2 Å². The van der Waals surface area contributed by atoms with E-state index in [4.69, 9.17) is 9.15 Å². The zero-order chi connectivity index (χ0) is 20.5. The SMILES string of the molecule is COC(=O)c1c(NC(=O)c2cc(-c3ccc(C)cc3)oc2C)sc2c1CCCC2. The van der Waals surface area contributed by atoms with Gasteiger partial charge < -0.3 is 14.5 Å². The average molecular weight is 410 g/mol. The molecule has 2 aromatic heterocycles. The van der Waals surface area contributed by atoms with Gasteiger partial charge in [0.05, 0.1) is 18.2 Å². The maximum Gasteiger partial charge on any atom is 0.341 e. The van der Waals surface area contributed by atoms with Gasteiger partial charge in [0.2, 0.25) is 0 Å². The van der Waals surface area contributed by atoms with Crippen LogP contribution in [0.3, 0.4) is 0 Å². The Bertz CT molecular complexity index is 1080. The van der Waals surface area contributed by atoms with Gasteiger partial charge in [0.25, 0.3) is 5.91 Å². The number of benzene rings is 1. The van der Waals surface area contributed by atoms with Gasteiger partial charge in [-0.1, -0.05) is 29.8 Å². The van der Waals surface area contributed by atoms with Crippen molar-refractivity contribution in [2.75, 3.05) is 12.4 Å². The Morgan fingerprint density at radius 1 is 1.10 bits per heavy atom. The summed E-state index contributed by atoms with van der Waals surface area (Å²) < 4.78 is 10.8. The predicted molar refractivity (Wildman–Crippen MR) is 114 cm³/mol. The fraction of sp³-hybridized carbons (Fsp3) is 0.304. The number of amides is 1. The van der Waals surface area contributed by atoms with E-state index in [1.807, 2.05) is 31.2 Å². The highest BCUT2D eigenvalue weighted by Crippen LogP contribution is 2.39. The number of nitrogens with one attached hydrogen (secondary N) is 1. The largest absolute Gasteiger partial charge is 0.465 e. The number of carbonyl (C=O) groups excluding carboxylic acids is 2. The molecule has 0 bridgehead atoms. The minimum atomic E-state index is -0.399. The molecule has 0 saturated carbocycles. The highest BCUT2D eigenvalue weighted by Gasteiger charge is 2.28. The van der Waals surface area contributed by atoms with Crippen LogP contribution >= 0.6 is 11.3 Å². The first-order chi connectivity index (χ1) is 14.0. The number of ether oxygens (including phenoxy) is 1. The number of hydrogen-bond donors (Lipinski definition) is 1. The van der Waals surface area contributed by atoms with Gasteiger partial charge in [-0.3, -0.25) is 4.79 Å². The maximum absolute atomic E-state index is 13.0. The molecule has 0 radical (unpaired) electrons. The molecule has 3 aromatic rings. The summed E-state index contributed by atoms with van der Waals surface area (Å²) in [6, 6.07) is 9.70. The van der Waals surface area contributed by atoms with E-state index in [-0.39, 0.29) is 5.91 Å². The summed E-state index contributed by atoms with van der Waals surface area (Å²) in [5.74, 6) is 0.502. The average Bonchev–Trinajstić information content (AvgIpc) is 3.28. The second-order valence-electron chi connectivity index (χ2n) is 7.31. The number of carbonyl (C=O) groups is 2. The minimum Gasteiger partial charge on any atom is -0.465 e. The van der Waals surface area contributed by atoms with Crippen molar-refractivity contribution < 1.29 is 18.7 Å². The Balaban J connectivity index is 1.64. The monoisotopic (exact) mass is 409 g/mol. The van der Waals surface area contributed by atoms with Crippen molar-refractivity contribution in [2.24, 2.45) is 0 Å². The number of aryl methyl sites for hydroxylation is 3. The summed E-state index contributed by atoms with van der Waals surface area (Å²) in [5.41, 5.74) is 4.06. The lowest BCUT2D eigenvalue weighted by atomic mass is 9.95. The van der Waals surface area contributed by atoms with Crippen molar-refractivity contribution in [3.63, 3.8) is 0 Å². The Kier molecular flexibility index (Phi) is 5.28. The van der Waals surface area contributed by atoms with E-state index in [1.54, 1.807) is 13.0 Å². The highest BCUT2D eigenvalue weighted by atomic mass is 32.1. The normalized spacial score (nSPS) is 13.1. The van der Waals surface area contributed by atoms with E-state index in [0.29, 0.717) is 27.6 Å². The fourth-order valence-electron chi connectivity index (χ4n) is 3.71. The number of hydrogen-bond acceptors (Lipinski definition) is 5. The molecule has 5 nitrogen and oxygen atoms in total. The van der Waals surface area contributed by atoms with E-state index in [2.05, 4.69) is 5.32 Å². The number of esters is 1. The number of anilines is 1. The third-order valence-corrected chi connectivity index (χ3v) is 6.49. The van der Waals surface area contributed by atoms with Crippen LogP contribution < -0.4 is 5.32 Å². The van der Waals surface area contributed by atoms with Crippen molar-refractivity contribution in [1.29, 1.82) is 0 Å². The van der Waals surface area contributed by atoms with Gasteiger partial charge in [-0.25, -0.2) is 4.79 Å². The van der Waals surface area contributed by atoms with Crippen molar-refractivity contribution in [2.45, 2.75) is 39.5 Å². The molecule has 1 amide bonds. The van der Waals surface area contributed by atoms with Gasteiger partial charge >= 0.3 is 5.97 Å². The van der Waals surface area contributed by atoms with E-state index in [9.17, 15) is 9.59 Å². The highest BCUT2D eigenvalue weighted by molar-refractivity contribution is 7.17. The predicted octanol–water partition coefficient (Wildman–Crippen LogP) is 5.54. The van der Waals surface area contributed by atoms with E-state index in [0.717, 1.165) is 47.3 Å². The van der Waals surface area contributed by atoms with Gasteiger partial charge in [0.1, 0.15) is 16.5 Å². The van der Waals surface area contributed by atoms with Crippen LogP contribution in [0.1, 0.15) is 55.3 Å². The van der Waals surface area contributed by atoms with Crippen LogP contribution in [-0.4, -0.2) is 19.0 Å². The summed E-state index contributed by atoms with van der Waals surface area (Å²) in [6.07, 6.45) is 3.92. The van der Waals surface area contributed by atoms with Crippen LogP contribution in [0.5, 0.6) is 0 Å².